The number of hydrogen-bond acceptors (Lipinski definition) is 6. The number of pyridine rings is 1. The molecular formula is C19H26N4O3. The summed E-state index contributed by atoms with van der Waals surface area (Å²) >= 11 is 0. The summed E-state index contributed by atoms with van der Waals surface area (Å²) in [5, 5.41) is 6.89. The van der Waals surface area contributed by atoms with Crippen LogP contribution in [0.4, 0.5) is 5.82 Å². The van der Waals surface area contributed by atoms with Crippen molar-refractivity contribution in [2.24, 2.45) is 0 Å². The standard InChI is InChI=1S/C19H26N4O3/c1-13-17(14(2)26-22-13)5-4-9-20-19(24)15-6-7-18(21-11-15)23(3)16-8-10-25-12-16/h6-7,11,16H,4-5,8-10,12H2,1-3H3,(H,20,24). The first-order chi connectivity index (χ1) is 12.6. The average Bonchev–Trinajstić information content (AvgIpc) is 3.29. The molecule has 7 heteroatoms. The number of aryl methyl sites for hydroxylation is 2. The average molecular weight is 358 g/mol. The Bertz CT molecular complexity index is 716. The second-order valence-corrected chi connectivity index (χ2v) is 6.70. The molecule has 0 radical (unpaired) electrons. The van der Waals surface area contributed by atoms with Gasteiger partial charge in [-0.25, -0.2) is 4.98 Å². The van der Waals surface area contributed by atoms with E-state index in [0.717, 1.165) is 55.3 Å². The van der Waals surface area contributed by atoms with Crippen molar-refractivity contribution in [3.05, 3.63) is 40.9 Å². The van der Waals surface area contributed by atoms with E-state index in [1.165, 1.54) is 0 Å². The summed E-state index contributed by atoms with van der Waals surface area (Å²) in [5.74, 6) is 1.61. The minimum atomic E-state index is -0.102. The number of anilines is 1. The van der Waals surface area contributed by atoms with Crippen LogP contribution in [0.15, 0.2) is 22.9 Å². The molecule has 0 aliphatic carbocycles. The minimum Gasteiger partial charge on any atom is -0.379 e. The van der Waals surface area contributed by atoms with Gasteiger partial charge in [0.2, 0.25) is 0 Å². The van der Waals surface area contributed by atoms with Gasteiger partial charge in [-0.3, -0.25) is 4.79 Å². The van der Waals surface area contributed by atoms with Crippen molar-refractivity contribution in [1.29, 1.82) is 0 Å². The lowest BCUT2D eigenvalue weighted by Crippen LogP contribution is -2.32. The van der Waals surface area contributed by atoms with Gasteiger partial charge < -0.3 is 19.5 Å². The summed E-state index contributed by atoms with van der Waals surface area (Å²) in [6.07, 6.45) is 4.31. The zero-order valence-corrected chi connectivity index (χ0v) is 15.6. The molecular weight excluding hydrogens is 332 g/mol. The van der Waals surface area contributed by atoms with Crippen LogP contribution in [0.3, 0.4) is 0 Å². The van der Waals surface area contributed by atoms with Crippen LogP contribution in [0.25, 0.3) is 0 Å². The van der Waals surface area contributed by atoms with E-state index in [9.17, 15) is 4.79 Å². The van der Waals surface area contributed by atoms with E-state index in [2.05, 4.69) is 20.4 Å². The van der Waals surface area contributed by atoms with Crippen molar-refractivity contribution >= 4 is 11.7 Å². The number of ether oxygens (including phenoxy) is 1. The van der Waals surface area contributed by atoms with Crippen LogP contribution in [0.1, 0.15) is 40.2 Å². The maximum atomic E-state index is 12.3. The summed E-state index contributed by atoms with van der Waals surface area (Å²) in [5.41, 5.74) is 2.62. The molecule has 1 saturated heterocycles. The number of carbonyl (C=O) groups excluding carboxylic acids is 1. The first-order valence-corrected chi connectivity index (χ1v) is 9.03. The van der Waals surface area contributed by atoms with Crippen LogP contribution in [-0.2, 0) is 11.2 Å². The number of nitrogens with zero attached hydrogens (tertiary/aromatic N) is 3. The molecule has 1 aliphatic heterocycles. The van der Waals surface area contributed by atoms with Crippen LogP contribution in [0.5, 0.6) is 0 Å². The summed E-state index contributed by atoms with van der Waals surface area (Å²) < 4.78 is 10.6. The normalized spacial score (nSPS) is 16.7. The van der Waals surface area contributed by atoms with Gasteiger partial charge in [-0.1, -0.05) is 5.16 Å². The maximum absolute atomic E-state index is 12.3. The van der Waals surface area contributed by atoms with Crippen LogP contribution in [-0.4, -0.2) is 48.9 Å². The molecule has 1 amide bonds. The SMILES string of the molecule is Cc1noc(C)c1CCCNC(=O)c1ccc(N(C)C2CCOC2)nc1. The lowest BCUT2D eigenvalue weighted by molar-refractivity contribution is 0.0953. The topological polar surface area (TPSA) is 80.5 Å². The molecule has 1 unspecified atom stereocenters. The summed E-state index contributed by atoms with van der Waals surface area (Å²) in [6.45, 7) is 5.97. The number of amides is 1. The Hall–Kier alpha value is -2.41. The van der Waals surface area contributed by atoms with E-state index in [0.29, 0.717) is 18.2 Å². The number of carbonyl (C=O) groups is 1. The van der Waals surface area contributed by atoms with E-state index >= 15 is 0 Å². The molecule has 1 fully saturated rings. The summed E-state index contributed by atoms with van der Waals surface area (Å²) in [7, 11) is 2.01. The van der Waals surface area contributed by atoms with Crippen molar-refractivity contribution in [3.63, 3.8) is 0 Å². The van der Waals surface area contributed by atoms with E-state index < -0.39 is 0 Å². The monoisotopic (exact) mass is 358 g/mol. The number of likely N-dealkylation sites (N-methyl/N-ethyl adjacent to an activating group) is 1. The molecule has 140 valence electrons. The summed E-state index contributed by atoms with van der Waals surface area (Å²) in [6, 6.07) is 4.06. The highest BCUT2D eigenvalue weighted by Gasteiger charge is 2.21. The van der Waals surface area contributed by atoms with Crippen LogP contribution < -0.4 is 10.2 Å². The zero-order chi connectivity index (χ0) is 18.5. The lowest BCUT2D eigenvalue weighted by Gasteiger charge is -2.24. The molecule has 2 aromatic rings. The van der Waals surface area contributed by atoms with Gasteiger partial charge in [-0.2, -0.15) is 0 Å². The van der Waals surface area contributed by atoms with Crippen LogP contribution in [0, 0.1) is 13.8 Å². The number of rotatable bonds is 7. The van der Waals surface area contributed by atoms with Crippen molar-refractivity contribution in [3.8, 4) is 0 Å². The van der Waals surface area contributed by atoms with Gasteiger partial charge in [0.05, 0.1) is 23.9 Å². The largest absolute Gasteiger partial charge is 0.379 e. The molecule has 3 heterocycles. The number of nitrogens with one attached hydrogen (secondary N) is 1. The number of hydrogen-bond donors (Lipinski definition) is 1. The Morgan fingerprint density at radius 3 is 2.85 bits per heavy atom. The van der Waals surface area contributed by atoms with E-state index in [1.54, 1.807) is 6.20 Å². The molecule has 0 bridgehead atoms. The second-order valence-electron chi connectivity index (χ2n) is 6.70. The fourth-order valence-corrected chi connectivity index (χ4v) is 3.17. The third-order valence-electron chi connectivity index (χ3n) is 4.90. The van der Waals surface area contributed by atoms with Gasteiger partial charge in [0.25, 0.3) is 5.91 Å². The predicted molar refractivity (Wildman–Crippen MR) is 98.5 cm³/mol. The fourth-order valence-electron chi connectivity index (χ4n) is 3.17. The molecule has 26 heavy (non-hydrogen) atoms. The highest BCUT2D eigenvalue weighted by atomic mass is 16.5. The van der Waals surface area contributed by atoms with Gasteiger partial charge >= 0.3 is 0 Å². The van der Waals surface area contributed by atoms with E-state index in [1.807, 2.05) is 33.0 Å². The molecule has 1 N–H and O–H groups in total. The molecule has 0 spiro atoms. The first kappa shape index (κ1) is 18.4. The van der Waals surface area contributed by atoms with Crippen molar-refractivity contribution in [2.45, 2.75) is 39.2 Å². The Balaban J connectivity index is 1.47. The fraction of sp³-hybridized carbons (Fsp3) is 0.526. The van der Waals surface area contributed by atoms with Crippen molar-refractivity contribution < 1.29 is 14.1 Å². The Labute approximate surface area is 153 Å². The van der Waals surface area contributed by atoms with Gasteiger partial charge in [0.15, 0.2) is 0 Å². The quantitative estimate of drug-likeness (QED) is 0.765. The van der Waals surface area contributed by atoms with Gasteiger partial charge in [-0.15, -0.1) is 0 Å². The van der Waals surface area contributed by atoms with E-state index in [-0.39, 0.29) is 5.91 Å². The van der Waals surface area contributed by atoms with E-state index in [4.69, 9.17) is 9.26 Å². The van der Waals surface area contributed by atoms with Gasteiger partial charge in [0, 0.05) is 32.0 Å². The van der Waals surface area contributed by atoms with Gasteiger partial charge in [-0.05, 0) is 45.2 Å². The van der Waals surface area contributed by atoms with Crippen molar-refractivity contribution in [1.82, 2.24) is 15.5 Å². The molecule has 0 saturated carbocycles. The number of aromatic nitrogens is 2. The Kier molecular flexibility index (Phi) is 5.88. The highest BCUT2D eigenvalue weighted by Crippen LogP contribution is 2.18. The second kappa shape index (κ2) is 8.31. The third-order valence-corrected chi connectivity index (χ3v) is 4.90. The zero-order valence-electron chi connectivity index (χ0n) is 15.6. The highest BCUT2D eigenvalue weighted by molar-refractivity contribution is 5.94. The Morgan fingerprint density at radius 2 is 2.23 bits per heavy atom. The molecule has 7 nitrogen and oxygen atoms in total. The maximum Gasteiger partial charge on any atom is 0.252 e. The van der Waals surface area contributed by atoms with Crippen molar-refractivity contribution in [2.75, 3.05) is 31.7 Å². The molecule has 2 aromatic heterocycles. The molecule has 3 rings (SSSR count). The Morgan fingerprint density at radius 1 is 1.38 bits per heavy atom. The summed E-state index contributed by atoms with van der Waals surface area (Å²) in [4.78, 5) is 18.8. The molecule has 0 aromatic carbocycles. The predicted octanol–water partition coefficient (Wildman–Crippen LogP) is 2.27. The third kappa shape index (κ3) is 4.22. The van der Waals surface area contributed by atoms with Gasteiger partial charge in [0.1, 0.15) is 11.6 Å². The smallest absolute Gasteiger partial charge is 0.252 e. The lowest BCUT2D eigenvalue weighted by atomic mass is 10.1. The first-order valence-electron chi connectivity index (χ1n) is 9.03. The molecule has 1 atom stereocenters. The minimum absolute atomic E-state index is 0.102. The van der Waals surface area contributed by atoms with Crippen LogP contribution >= 0.6 is 0 Å². The molecule has 1 aliphatic rings. The van der Waals surface area contributed by atoms with Crippen LogP contribution in [0.2, 0.25) is 0 Å².